The van der Waals surface area contributed by atoms with Gasteiger partial charge in [0.25, 0.3) is 0 Å². The minimum atomic E-state index is 0.0761. The number of benzene rings is 1. The van der Waals surface area contributed by atoms with Crippen molar-refractivity contribution in [1.29, 1.82) is 0 Å². The van der Waals surface area contributed by atoms with Gasteiger partial charge in [-0.3, -0.25) is 9.69 Å². The monoisotopic (exact) mass is 368 g/mol. The predicted molar refractivity (Wildman–Crippen MR) is 100 cm³/mol. The second kappa shape index (κ2) is 6.45. The summed E-state index contributed by atoms with van der Waals surface area (Å²) in [6, 6.07) is 8.44. The Morgan fingerprint density at radius 2 is 2.08 bits per heavy atom. The maximum atomic E-state index is 12.4. The van der Waals surface area contributed by atoms with Gasteiger partial charge >= 0.3 is 0 Å². The molecule has 1 saturated heterocycles. The van der Waals surface area contributed by atoms with Gasteiger partial charge in [-0.25, -0.2) is 0 Å². The molecule has 3 aliphatic heterocycles. The van der Waals surface area contributed by atoms with E-state index < -0.39 is 0 Å². The molecule has 5 nitrogen and oxygen atoms in total. The average Bonchev–Trinajstić information content (AvgIpc) is 3.26. The van der Waals surface area contributed by atoms with Crippen LogP contribution in [0.2, 0.25) is 0 Å². The lowest BCUT2D eigenvalue weighted by Gasteiger charge is -2.46. The van der Waals surface area contributed by atoms with E-state index in [1.807, 2.05) is 40.5 Å². The number of hydrogen-bond donors (Lipinski definition) is 0. The summed E-state index contributed by atoms with van der Waals surface area (Å²) in [5, 5.41) is 2.19. The molecule has 2 aromatic rings. The van der Waals surface area contributed by atoms with Gasteiger partial charge in [-0.15, -0.1) is 11.3 Å². The van der Waals surface area contributed by atoms with Crippen LogP contribution in [0.25, 0.3) is 6.08 Å². The summed E-state index contributed by atoms with van der Waals surface area (Å²) < 4.78 is 10.7. The molecular weight excluding hydrogens is 348 g/mol. The summed E-state index contributed by atoms with van der Waals surface area (Å²) in [6.45, 7) is 4.04. The van der Waals surface area contributed by atoms with Crippen molar-refractivity contribution in [2.24, 2.45) is 0 Å². The molecule has 1 aromatic carbocycles. The normalized spacial score (nSPS) is 19.6. The Labute approximate surface area is 156 Å². The highest BCUT2D eigenvalue weighted by Gasteiger charge is 2.35. The largest absolute Gasteiger partial charge is 0.454 e. The first-order valence-corrected chi connectivity index (χ1v) is 9.80. The number of hydrogen-bond acceptors (Lipinski definition) is 5. The van der Waals surface area contributed by atoms with E-state index in [2.05, 4.69) is 16.3 Å². The second-order valence-corrected chi connectivity index (χ2v) is 7.93. The number of carbonyl (C=O) groups is 1. The fraction of sp³-hybridized carbons (Fsp3) is 0.350. The van der Waals surface area contributed by atoms with Crippen molar-refractivity contribution < 1.29 is 14.3 Å². The van der Waals surface area contributed by atoms with Crippen LogP contribution >= 0.6 is 11.3 Å². The van der Waals surface area contributed by atoms with Crippen LogP contribution in [0.15, 0.2) is 35.7 Å². The molecule has 1 fully saturated rings. The van der Waals surface area contributed by atoms with Gasteiger partial charge in [-0.2, -0.15) is 0 Å². The molecule has 4 heterocycles. The van der Waals surface area contributed by atoms with Crippen LogP contribution in [0.1, 0.15) is 16.0 Å². The summed E-state index contributed by atoms with van der Waals surface area (Å²) >= 11 is 1.86. The van der Waals surface area contributed by atoms with Crippen LogP contribution in [0.4, 0.5) is 0 Å². The minimum absolute atomic E-state index is 0.0761. The van der Waals surface area contributed by atoms with Gasteiger partial charge in [-0.1, -0.05) is 6.07 Å². The molecule has 3 aliphatic rings. The lowest BCUT2D eigenvalue weighted by atomic mass is 10.0. The molecule has 6 heteroatoms. The third kappa shape index (κ3) is 2.89. The number of ether oxygens (including phenoxy) is 2. The van der Waals surface area contributed by atoms with E-state index in [0.717, 1.165) is 49.7 Å². The topological polar surface area (TPSA) is 42.0 Å². The number of rotatable bonds is 3. The fourth-order valence-corrected chi connectivity index (χ4v) is 4.63. The number of carbonyl (C=O) groups excluding carboxylic acids is 1. The van der Waals surface area contributed by atoms with Crippen LogP contribution in [-0.2, 0) is 17.8 Å². The predicted octanol–water partition coefficient (Wildman–Crippen LogP) is 2.76. The number of likely N-dealkylation sites (tertiary alicyclic amines) is 1. The molecule has 1 aromatic heterocycles. The fourth-order valence-electron chi connectivity index (χ4n) is 3.74. The number of fused-ring (bicyclic) bond motifs is 2. The molecular formula is C20H20N2O3S. The Bertz CT molecular complexity index is 870. The molecule has 0 saturated carbocycles. The van der Waals surface area contributed by atoms with E-state index in [-0.39, 0.29) is 12.7 Å². The lowest BCUT2D eigenvalue weighted by Crippen LogP contribution is -2.61. The van der Waals surface area contributed by atoms with E-state index in [0.29, 0.717) is 6.04 Å². The number of nitrogens with zero attached hydrogens (tertiary/aromatic N) is 2. The summed E-state index contributed by atoms with van der Waals surface area (Å²) in [7, 11) is 0. The molecule has 0 aliphatic carbocycles. The molecule has 0 atom stereocenters. The Kier molecular flexibility index (Phi) is 3.94. The number of thiophene rings is 1. The van der Waals surface area contributed by atoms with E-state index in [1.54, 1.807) is 6.08 Å². The summed E-state index contributed by atoms with van der Waals surface area (Å²) in [6.07, 6.45) is 4.64. The van der Waals surface area contributed by atoms with Crippen molar-refractivity contribution in [2.75, 3.05) is 26.4 Å². The van der Waals surface area contributed by atoms with Crippen molar-refractivity contribution in [1.82, 2.24) is 9.80 Å². The summed E-state index contributed by atoms with van der Waals surface area (Å²) in [4.78, 5) is 18.3. The van der Waals surface area contributed by atoms with Crippen molar-refractivity contribution in [2.45, 2.75) is 19.0 Å². The number of amides is 1. The van der Waals surface area contributed by atoms with Crippen LogP contribution in [-0.4, -0.2) is 48.2 Å². The molecule has 0 bridgehead atoms. The molecule has 0 unspecified atom stereocenters. The first kappa shape index (κ1) is 15.9. The van der Waals surface area contributed by atoms with Crippen molar-refractivity contribution in [3.63, 3.8) is 0 Å². The van der Waals surface area contributed by atoms with Crippen molar-refractivity contribution >= 4 is 23.3 Å². The van der Waals surface area contributed by atoms with Gasteiger partial charge in [0.2, 0.25) is 12.7 Å². The zero-order chi connectivity index (χ0) is 17.5. The molecule has 134 valence electrons. The molecule has 26 heavy (non-hydrogen) atoms. The first-order valence-electron chi connectivity index (χ1n) is 8.92. The van der Waals surface area contributed by atoms with Crippen LogP contribution in [0.5, 0.6) is 11.5 Å². The van der Waals surface area contributed by atoms with Crippen molar-refractivity contribution in [3.05, 3.63) is 51.7 Å². The summed E-state index contributed by atoms with van der Waals surface area (Å²) in [5.41, 5.74) is 2.41. The zero-order valence-electron chi connectivity index (χ0n) is 14.4. The molecule has 1 amide bonds. The Morgan fingerprint density at radius 1 is 1.19 bits per heavy atom. The summed E-state index contributed by atoms with van der Waals surface area (Å²) in [5.74, 6) is 1.57. The standard InChI is InChI=1S/C20H20N2O3S/c23-20(4-2-14-1-3-17-18(9-14)25-13-24-17)22-11-16(12-22)21-7-5-19-15(10-21)6-8-26-19/h1-4,6,8-9,16H,5,7,10-13H2/b4-2+. The highest BCUT2D eigenvalue weighted by atomic mass is 32.1. The zero-order valence-corrected chi connectivity index (χ0v) is 15.2. The smallest absolute Gasteiger partial charge is 0.246 e. The Hall–Kier alpha value is -2.31. The van der Waals surface area contributed by atoms with Gasteiger partial charge in [0.05, 0.1) is 0 Å². The van der Waals surface area contributed by atoms with Crippen molar-refractivity contribution in [3.8, 4) is 11.5 Å². The molecule has 5 rings (SSSR count). The Balaban J connectivity index is 1.16. The van der Waals surface area contributed by atoms with Crippen LogP contribution < -0.4 is 9.47 Å². The van der Waals surface area contributed by atoms with Crippen LogP contribution in [0.3, 0.4) is 0 Å². The minimum Gasteiger partial charge on any atom is -0.454 e. The average molecular weight is 368 g/mol. The van der Waals surface area contributed by atoms with Gasteiger partial charge in [0, 0.05) is 43.2 Å². The van der Waals surface area contributed by atoms with Gasteiger partial charge in [-0.05, 0) is 47.2 Å². The van der Waals surface area contributed by atoms with Gasteiger partial charge in [0.15, 0.2) is 11.5 Å². The lowest BCUT2D eigenvalue weighted by molar-refractivity contribution is -0.133. The molecule has 0 N–H and O–H groups in total. The Morgan fingerprint density at radius 3 is 3.00 bits per heavy atom. The third-order valence-corrected chi connectivity index (χ3v) is 6.37. The van der Waals surface area contributed by atoms with Gasteiger partial charge < -0.3 is 14.4 Å². The van der Waals surface area contributed by atoms with Crippen LogP contribution in [0, 0.1) is 0 Å². The SMILES string of the molecule is O=C(/C=C/c1ccc2c(c1)OCO2)N1CC(N2CCc3sccc3C2)C1. The van der Waals surface area contributed by atoms with Gasteiger partial charge in [0.1, 0.15) is 0 Å². The quantitative estimate of drug-likeness (QED) is 0.782. The van der Waals surface area contributed by atoms with E-state index >= 15 is 0 Å². The highest BCUT2D eigenvalue weighted by molar-refractivity contribution is 7.10. The maximum Gasteiger partial charge on any atom is 0.246 e. The maximum absolute atomic E-state index is 12.4. The van der Waals surface area contributed by atoms with E-state index in [9.17, 15) is 4.79 Å². The van der Waals surface area contributed by atoms with E-state index in [1.165, 1.54) is 10.4 Å². The molecule has 0 spiro atoms. The molecule has 0 radical (unpaired) electrons. The first-order chi connectivity index (χ1) is 12.8. The third-order valence-electron chi connectivity index (χ3n) is 5.34. The van der Waals surface area contributed by atoms with E-state index in [4.69, 9.17) is 9.47 Å². The second-order valence-electron chi connectivity index (χ2n) is 6.93. The highest BCUT2D eigenvalue weighted by Crippen LogP contribution is 2.33.